The smallest absolute Gasteiger partial charge is 0.119 e. The highest BCUT2D eigenvalue weighted by atomic mass is 35.5. The molecule has 96 valence electrons. The minimum Gasteiger partial charge on any atom is -0.382 e. The molecule has 0 aliphatic heterocycles. The van der Waals surface area contributed by atoms with Crippen LogP contribution < -0.4 is 0 Å². The van der Waals surface area contributed by atoms with Gasteiger partial charge in [0.05, 0.1) is 5.69 Å². The van der Waals surface area contributed by atoms with Crippen LogP contribution >= 0.6 is 11.6 Å². The van der Waals surface area contributed by atoms with E-state index in [-0.39, 0.29) is 0 Å². The number of rotatable bonds is 3. The molecule has 0 bridgehead atoms. The van der Waals surface area contributed by atoms with Crippen LogP contribution in [-0.4, -0.2) is 9.67 Å². The van der Waals surface area contributed by atoms with Crippen LogP contribution in [0, 0.1) is 6.92 Å². The fraction of sp³-hybridized carbons (Fsp3) is 0.333. The molecule has 0 saturated heterocycles. The molecule has 3 heteroatoms. The van der Waals surface area contributed by atoms with E-state index in [4.69, 9.17) is 11.6 Å². The topological polar surface area (TPSA) is 25.2 Å². The summed E-state index contributed by atoms with van der Waals surface area (Å²) >= 11 is 5.94. The molecule has 0 spiro atoms. The third kappa shape index (κ3) is 2.45. The first kappa shape index (κ1) is 13.2. The van der Waals surface area contributed by atoms with Crippen LogP contribution in [0.4, 0.5) is 0 Å². The van der Waals surface area contributed by atoms with Crippen molar-refractivity contribution < 1.29 is 5.11 Å². The average Bonchev–Trinajstić information content (AvgIpc) is 2.77. The van der Waals surface area contributed by atoms with Gasteiger partial charge in [0.2, 0.25) is 0 Å². The quantitative estimate of drug-likeness (QED) is 0.886. The molecule has 18 heavy (non-hydrogen) atoms. The summed E-state index contributed by atoms with van der Waals surface area (Å²) in [6, 6.07) is 9.83. The largest absolute Gasteiger partial charge is 0.382 e. The van der Waals surface area contributed by atoms with Crippen molar-refractivity contribution in [2.45, 2.75) is 32.9 Å². The number of aliphatic hydroxyl groups is 1. The van der Waals surface area contributed by atoms with Crippen molar-refractivity contribution in [2.24, 2.45) is 0 Å². The first-order valence-electron chi connectivity index (χ1n) is 6.11. The first-order chi connectivity index (χ1) is 8.50. The molecule has 2 aromatic rings. The molecule has 0 aliphatic rings. The van der Waals surface area contributed by atoms with Gasteiger partial charge in [-0.15, -0.1) is 0 Å². The number of nitrogens with zero attached hydrogens (tertiary/aromatic N) is 1. The summed E-state index contributed by atoms with van der Waals surface area (Å²) in [7, 11) is 0. The highest BCUT2D eigenvalue weighted by Gasteiger charge is 2.17. The summed E-state index contributed by atoms with van der Waals surface area (Å²) < 4.78 is 2.08. The van der Waals surface area contributed by atoms with Gasteiger partial charge < -0.3 is 9.67 Å². The van der Waals surface area contributed by atoms with E-state index in [1.165, 1.54) is 0 Å². The van der Waals surface area contributed by atoms with E-state index in [1.807, 2.05) is 43.5 Å². The van der Waals surface area contributed by atoms with Gasteiger partial charge in [-0.25, -0.2) is 0 Å². The van der Waals surface area contributed by atoms with Gasteiger partial charge in [0.1, 0.15) is 6.10 Å². The number of halogens is 1. The van der Waals surface area contributed by atoms with Crippen molar-refractivity contribution in [3.8, 4) is 0 Å². The van der Waals surface area contributed by atoms with E-state index in [0.29, 0.717) is 11.1 Å². The Morgan fingerprint density at radius 3 is 2.56 bits per heavy atom. The minimum atomic E-state index is -0.611. The number of aliphatic hydroxyl groups excluding tert-OH is 1. The molecule has 2 rings (SSSR count). The molecular formula is C15H18ClNO. The maximum Gasteiger partial charge on any atom is 0.119 e. The molecule has 0 fully saturated rings. The predicted octanol–water partition coefficient (Wildman–Crippen LogP) is 4.11. The maximum absolute atomic E-state index is 10.5. The highest BCUT2D eigenvalue weighted by molar-refractivity contribution is 6.30. The van der Waals surface area contributed by atoms with Crippen LogP contribution in [0.1, 0.15) is 42.8 Å². The van der Waals surface area contributed by atoms with Crippen LogP contribution in [-0.2, 0) is 0 Å². The Labute approximate surface area is 113 Å². The van der Waals surface area contributed by atoms with Gasteiger partial charge in [-0.05, 0) is 56.2 Å². The lowest BCUT2D eigenvalue weighted by Crippen LogP contribution is -2.10. The minimum absolute atomic E-state index is 0.331. The van der Waals surface area contributed by atoms with E-state index in [0.717, 1.165) is 16.8 Å². The Morgan fingerprint density at radius 1 is 1.22 bits per heavy atom. The lowest BCUT2D eigenvalue weighted by Gasteiger charge is -2.19. The first-order valence-corrected chi connectivity index (χ1v) is 6.49. The number of aryl methyl sites for hydroxylation is 1. The normalized spacial score (nSPS) is 13.0. The Morgan fingerprint density at radius 2 is 1.94 bits per heavy atom. The van der Waals surface area contributed by atoms with Gasteiger partial charge >= 0.3 is 0 Å². The summed E-state index contributed by atoms with van der Waals surface area (Å²) in [5.74, 6) is 0. The molecule has 1 N–H and O–H groups in total. The Kier molecular flexibility index (Phi) is 3.79. The van der Waals surface area contributed by atoms with Gasteiger partial charge in [0, 0.05) is 17.3 Å². The zero-order valence-electron chi connectivity index (χ0n) is 10.9. The molecule has 2 nitrogen and oxygen atoms in total. The third-order valence-electron chi connectivity index (χ3n) is 3.17. The van der Waals surface area contributed by atoms with Crippen molar-refractivity contribution in [2.75, 3.05) is 0 Å². The van der Waals surface area contributed by atoms with Crippen molar-refractivity contribution in [3.05, 3.63) is 58.4 Å². The van der Waals surface area contributed by atoms with E-state index >= 15 is 0 Å². The predicted molar refractivity (Wildman–Crippen MR) is 75.1 cm³/mol. The Balaban J connectivity index is 2.41. The SMILES string of the molecule is Cc1cc(Cl)ccc1C(O)c1cccn1C(C)C. The summed E-state index contributed by atoms with van der Waals surface area (Å²) in [4.78, 5) is 0. The highest BCUT2D eigenvalue weighted by Crippen LogP contribution is 2.28. The van der Waals surface area contributed by atoms with Gasteiger partial charge in [-0.3, -0.25) is 0 Å². The van der Waals surface area contributed by atoms with Gasteiger partial charge in [0.15, 0.2) is 0 Å². The molecule has 1 atom stereocenters. The van der Waals surface area contributed by atoms with Crippen molar-refractivity contribution >= 4 is 11.6 Å². The molecule has 1 aromatic carbocycles. The van der Waals surface area contributed by atoms with Crippen LogP contribution in [0.2, 0.25) is 5.02 Å². The fourth-order valence-electron chi connectivity index (χ4n) is 2.21. The second-order valence-corrected chi connectivity index (χ2v) is 5.27. The van der Waals surface area contributed by atoms with Crippen LogP contribution in [0.25, 0.3) is 0 Å². The average molecular weight is 264 g/mol. The molecule has 0 aliphatic carbocycles. The van der Waals surface area contributed by atoms with Gasteiger partial charge in [-0.1, -0.05) is 17.7 Å². The van der Waals surface area contributed by atoms with E-state index < -0.39 is 6.10 Å². The van der Waals surface area contributed by atoms with Crippen molar-refractivity contribution in [1.29, 1.82) is 0 Å². The summed E-state index contributed by atoms with van der Waals surface area (Å²) in [6.45, 7) is 6.17. The van der Waals surface area contributed by atoms with Crippen LogP contribution in [0.5, 0.6) is 0 Å². The molecule has 0 saturated carbocycles. The summed E-state index contributed by atoms with van der Waals surface area (Å²) in [6.07, 6.45) is 1.38. The third-order valence-corrected chi connectivity index (χ3v) is 3.41. The molecule has 1 unspecified atom stereocenters. The zero-order chi connectivity index (χ0) is 13.3. The second-order valence-electron chi connectivity index (χ2n) is 4.84. The van der Waals surface area contributed by atoms with Gasteiger partial charge in [0.25, 0.3) is 0 Å². The molecule has 1 aromatic heterocycles. The lowest BCUT2D eigenvalue weighted by atomic mass is 10.0. The number of hydrogen-bond donors (Lipinski definition) is 1. The number of aromatic nitrogens is 1. The van der Waals surface area contributed by atoms with E-state index in [1.54, 1.807) is 0 Å². The monoisotopic (exact) mass is 263 g/mol. The maximum atomic E-state index is 10.5. The molecule has 1 heterocycles. The van der Waals surface area contributed by atoms with Crippen molar-refractivity contribution in [3.63, 3.8) is 0 Å². The number of hydrogen-bond acceptors (Lipinski definition) is 1. The van der Waals surface area contributed by atoms with E-state index in [2.05, 4.69) is 18.4 Å². The summed E-state index contributed by atoms with van der Waals surface area (Å²) in [5.41, 5.74) is 2.82. The standard InChI is InChI=1S/C15H18ClNO/c1-10(2)17-8-4-5-14(17)15(18)13-7-6-12(16)9-11(13)3/h4-10,15,18H,1-3H3. The Hall–Kier alpha value is -1.25. The lowest BCUT2D eigenvalue weighted by molar-refractivity contribution is 0.207. The van der Waals surface area contributed by atoms with Crippen LogP contribution in [0.3, 0.4) is 0 Å². The summed E-state index contributed by atoms with van der Waals surface area (Å²) in [5, 5.41) is 11.2. The van der Waals surface area contributed by atoms with Crippen LogP contribution in [0.15, 0.2) is 36.5 Å². The molecule has 0 amide bonds. The second kappa shape index (κ2) is 5.17. The number of benzene rings is 1. The van der Waals surface area contributed by atoms with E-state index in [9.17, 15) is 5.11 Å². The Bertz CT molecular complexity index is 545. The van der Waals surface area contributed by atoms with Crippen molar-refractivity contribution in [1.82, 2.24) is 4.57 Å². The van der Waals surface area contributed by atoms with Gasteiger partial charge in [-0.2, -0.15) is 0 Å². The molecule has 0 radical (unpaired) electrons. The molecular weight excluding hydrogens is 246 g/mol. The fourth-order valence-corrected chi connectivity index (χ4v) is 2.44. The zero-order valence-corrected chi connectivity index (χ0v) is 11.6.